The van der Waals surface area contributed by atoms with E-state index in [4.69, 9.17) is 0 Å². The molecule has 0 saturated heterocycles. The maximum absolute atomic E-state index is 13.1. The average Bonchev–Trinajstić information content (AvgIpc) is 3.22. The summed E-state index contributed by atoms with van der Waals surface area (Å²) in [6.45, 7) is 3.99. The second-order valence-electron chi connectivity index (χ2n) is 6.10. The van der Waals surface area contributed by atoms with Crippen molar-refractivity contribution < 1.29 is 12.8 Å². The van der Waals surface area contributed by atoms with Gasteiger partial charge in [0.15, 0.2) is 0 Å². The van der Waals surface area contributed by atoms with Crippen LogP contribution in [0.3, 0.4) is 0 Å². The van der Waals surface area contributed by atoms with E-state index in [1.54, 1.807) is 41.8 Å². The largest absolute Gasteiger partial charge is 0.384 e. The first-order chi connectivity index (χ1) is 13.9. The lowest BCUT2D eigenvalue weighted by atomic mass is 10.1. The third-order valence-corrected chi connectivity index (χ3v) is 5.79. The summed E-state index contributed by atoms with van der Waals surface area (Å²) in [7, 11) is -3.60. The van der Waals surface area contributed by atoms with Crippen molar-refractivity contribution in [2.24, 2.45) is 0 Å². The predicted molar refractivity (Wildman–Crippen MR) is 119 cm³/mol. The number of sulfonamides is 1. The van der Waals surface area contributed by atoms with Gasteiger partial charge in [0.25, 0.3) is 10.0 Å². The summed E-state index contributed by atoms with van der Waals surface area (Å²) in [5.41, 5.74) is 2.89. The van der Waals surface area contributed by atoms with E-state index in [0.29, 0.717) is 12.2 Å². The Morgan fingerprint density at radius 1 is 1.14 bits per heavy atom. The maximum atomic E-state index is 13.1. The van der Waals surface area contributed by atoms with E-state index in [9.17, 15) is 12.8 Å². The number of thiazole rings is 1. The summed E-state index contributed by atoms with van der Waals surface area (Å²) >= 11 is 1.60. The van der Waals surface area contributed by atoms with Crippen LogP contribution in [0.15, 0.2) is 66.0 Å². The highest BCUT2D eigenvalue weighted by molar-refractivity contribution is 7.95. The smallest absolute Gasteiger partial charge is 0.254 e. The van der Waals surface area contributed by atoms with Crippen LogP contribution in [0.1, 0.15) is 16.1 Å². The molecule has 5 nitrogen and oxygen atoms in total. The second kappa shape index (κ2) is 9.49. The molecule has 3 aromatic rings. The van der Waals surface area contributed by atoms with Gasteiger partial charge in [0.1, 0.15) is 5.82 Å². The summed E-state index contributed by atoms with van der Waals surface area (Å²) < 4.78 is 39.1. The minimum Gasteiger partial charge on any atom is -0.384 e. The van der Waals surface area contributed by atoms with Crippen LogP contribution in [-0.2, 0) is 16.4 Å². The van der Waals surface area contributed by atoms with Gasteiger partial charge in [-0.05, 0) is 41.5 Å². The van der Waals surface area contributed by atoms with Gasteiger partial charge in [-0.2, -0.15) is 0 Å². The summed E-state index contributed by atoms with van der Waals surface area (Å²) in [6.07, 6.45) is 6.25. The molecule has 0 atom stereocenters. The lowest BCUT2D eigenvalue weighted by Crippen LogP contribution is -2.09. The number of rotatable bonds is 9. The Labute approximate surface area is 173 Å². The number of benzene rings is 2. The predicted octanol–water partition coefficient (Wildman–Crippen LogP) is 4.99. The molecule has 0 amide bonds. The monoisotopic (exact) mass is 429 g/mol. The van der Waals surface area contributed by atoms with Crippen LogP contribution in [0.4, 0.5) is 15.8 Å². The highest BCUT2D eigenvalue weighted by atomic mass is 32.2. The zero-order chi connectivity index (χ0) is 20.7. The third-order valence-electron chi connectivity index (χ3n) is 3.99. The molecule has 0 bridgehead atoms. The van der Waals surface area contributed by atoms with Crippen molar-refractivity contribution in [3.05, 3.63) is 88.0 Å². The van der Waals surface area contributed by atoms with E-state index >= 15 is 0 Å². The van der Waals surface area contributed by atoms with Gasteiger partial charge in [0, 0.05) is 41.3 Å². The highest BCUT2D eigenvalue weighted by Gasteiger charge is 2.07. The molecule has 1 aromatic heterocycles. The molecule has 8 heteroatoms. The molecule has 0 aliphatic rings. The Morgan fingerprint density at radius 3 is 2.62 bits per heavy atom. The molecule has 0 unspecified atom stereocenters. The number of hydrogen-bond donors (Lipinski definition) is 2. The standard InChI is InChI=1S/C21H20FN3O2S2/c1-2-29(26,27)25-19-9-10-20(23-12-11-21-24-13-14-28-21)17(15-19)6-3-16-4-7-18(22)8-5-16/h2-10,13-15,23,25H,1,11-12H2/b6-3+. The molecule has 1 heterocycles. The Morgan fingerprint density at radius 2 is 1.93 bits per heavy atom. The molecule has 150 valence electrons. The fraction of sp³-hybridized carbons (Fsp3) is 0.0952. The first kappa shape index (κ1) is 20.8. The third kappa shape index (κ3) is 6.27. The topological polar surface area (TPSA) is 71.1 Å². The lowest BCUT2D eigenvalue weighted by Gasteiger charge is -2.12. The van der Waals surface area contributed by atoms with Crippen molar-refractivity contribution in [2.45, 2.75) is 6.42 Å². The molecule has 0 saturated carbocycles. The van der Waals surface area contributed by atoms with Gasteiger partial charge in [-0.25, -0.2) is 17.8 Å². The molecule has 3 rings (SSSR count). The molecular formula is C21H20FN3O2S2. The number of hydrogen-bond acceptors (Lipinski definition) is 5. The van der Waals surface area contributed by atoms with Crippen LogP contribution in [0.25, 0.3) is 12.2 Å². The van der Waals surface area contributed by atoms with E-state index in [2.05, 4.69) is 21.6 Å². The van der Waals surface area contributed by atoms with Gasteiger partial charge < -0.3 is 5.32 Å². The maximum Gasteiger partial charge on any atom is 0.254 e. The zero-order valence-corrected chi connectivity index (χ0v) is 17.1. The number of nitrogens with one attached hydrogen (secondary N) is 2. The minimum atomic E-state index is -3.60. The van der Waals surface area contributed by atoms with Crippen molar-refractivity contribution in [1.82, 2.24) is 4.98 Å². The Hall–Kier alpha value is -2.97. The van der Waals surface area contributed by atoms with E-state index in [0.717, 1.165) is 33.7 Å². The van der Waals surface area contributed by atoms with E-state index in [1.165, 1.54) is 12.1 Å². The van der Waals surface area contributed by atoms with Crippen LogP contribution in [0.2, 0.25) is 0 Å². The molecule has 29 heavy (non-hydrogen) atoms. The number of nitrogens with zero attached hydrogens (tertiary/aromatic N) is 1. The van der Waals surface area contributed by atoms with Gasteiger partial charge in [-0.1, -0.05) is 30.9 Å². The molecule has 2 N–H and O–H groups in total. The van der Waals surface area contributed by atoms with Crippen molar-refractivity contribution in [3.8, 4) is 0 Å². The van der Waals surface area contributed by atoms with Gasteiger partial charge in [0.2, 0.25) is 0 Å². The van der Waals surface area contributed by atoms with E-state index < -0.39 is 10.0 Å². The molecule has 0 aliphatic heterocycles. The van der Waals surface area contributed by atoms with Crippen LogP contribution in [-0.4, -0.2) is 19.9 Å². The Bertz CT molecular complexity index is 1090. The van der Waals surface area contributed by atoms with E-state index in [-0.39, 0.29) is 5.82 Å². The van der Waals surface area contributed by atoms with E-state index in [1.807, 2.05) is 23.6 Å². The second-order valence-corrected chi connectivity index (χ2v) is 8.71. The molecule has 0 aliphatic carbocycles. The SMILES string of the molecule is C=CS(=O)(=O)Nc1ccc(NCCc2nccs2)c(/C=C/c2ccc(F)cc2)c1. The van der Waals surface area contributed by atoms with Crippen LogP contribution >= 0.6 is 11.3 Å². The first-order valence-corrected chi connectivity index (χ1v) is 11.2. The molecule has 0 spiro atoms. The average molecular weight is 430 g/mol. The summed E-state index contributed by atoms with van der Waals surface area (Å²) in [4.78, 5) is 4.26. The fourth-order valence-corrected chi connectivity index (χ4v) is 3.73. The summed E-state index contributed by atoms with van der Waals surface area (Å²) in [6, 6.07) is 11.3. The Balaban J connectivity index is 1.82. The van der Waals surface area contributed by atoms with Crippen LogP contribution in [0, 0.1) is 5.82 Å². The fourth-order valence-electron chi connectivity index (χ4n) is 2.57. The number of aromatic nitrogens is 1. The van der Waals surface area contributed by atoms with Crippen molar-refractivity contribution >= 4 is 44.9 Å². The highest BCUT2D eigenvalue weighted by Crippen LogP contribution is 2.24. The van der Waals surface area contributed by atoms with Crippen molar-refractivity contribution in [3.63, 3.8) is 0 Å². The normalized spacial score (nSPS) is 11.5. The van der Waals surface area contributed by atoms with Crippen LogP contribution < -0.4 is 10.0 Å². The van der Waals surface area contributed by atoms with Gasteiger partial charge >= 0.3 is 0 Å². The van der Waals surface area contributed by atoms with Crippen molar-refractivity contribution in [2.75, 3.05) is 16.6 Å². The van der Waals surface area contributed by atoms with Gasteiger partial charge in [-0.15, -0.1) is 11.3 Å². The molecule has 0 fully saturated rings. The summed E-state index contributed by atoms with van der Waals surface area (Å²) in [5, 5.41) is 7.20. The van der Waals surface area contributed by atoms with Gasteiger partial charge in [0.05, 0.1) is 5.01 Å². The number of anilines is 2. The molecule has 2 aromatic carbocycles. The molecule has 0 radical (unpaired) electrons. The Kier molecular flexibility index (Phi) is 6.79. The lowest BCUT2D eigenvalue weighted by molar-refractivity contribution is 0.609. The minimum absolute atomic E-state index is 0.299. The van der Waals surface area contributed by atoms with Crippen LogP contribution in [0.5, 0.6) is 0 Å². The zero-order valence-electron chi connectivity index (χ0n) is 15.5. The first-order valence-electron chi connectivity index (χ1n) is 8.80. The van der Waals surface area contributed by atoms with Gasteiger partial charge in [-0.3, -0.25) is 4.72 Å². The van der Waals surface area contributed by atoms with Crippen molar-refractivity contribution in [1.29, 1.82) is 0 Å². The molecular weight excluding hydrogens is 409 g/mol. The number of halogens is 1. The summed E-state index contributed by atoms with van der Waals surface area (Å²) in [5.74, 6) is -0.299. The quantitative estimate of drug-likeness (QED) is 0.470.